The molecule has 5 nitrogen and oxygen atoms in total. The minimum absolute atomic E-state index is 0.0999. The molecule has 13 heavy (non-hydrogen) atoms. The lowest BCUT2D eigenvalue weighted by molar-refractivity contribution is -0.159. The molecule has 0 amide bonds. The van der Waals surface area contributed by atoms with Gasteiger partial charge in [-0.2, -0.15) is 0 Å². The van der Waals surface area contributed by atoms with Gasteiger partial charge in [-0.15, -0.1) is 0 Å². The largest absolute Gasteiger partial charge is 0.396 e. The Morgan fingerprint density at radius 3 is 2.08 bits per heavy atom. The molecule has 0 aromatic carbocycles. The average Bonchev–Trinajstić information content (AvgIpc) is 2.11. The van der Waals surface area contributed by atoms with E-state index in [9.17, 15) is 20.4 Å². The summed E-state index contributed by atoms with van der Waals surface area (Å²) in [6, 6.07) is 0. The highest BCUT2D eigenvalue weighted by atomic mass is 16.4. The molecular formula is C8H16O5. The maximum atomic E-state index is 9.42. The normalized spacial score (nSPS) is 46.4. The lowest BCUT2D eigenvalue weighted by Crippen LogP contribution is -2.53. The molecule has 0 radical (unpaired) electrons. The van der Waals surface area contributed by atoms with Gasteiger partial charge in [0.1, 0.15) is 12.2 Å². The van der Waals surface area contributed by atoms with Crippen LogP contribution >= 0.6 is 0 Å². The molecule has 0 bridgehead atoms. The van der Waals surface area contributed by atoms with Crippen molar-refractivity contribution in [2.75, 3.05) is 6.61 Å². The second-order valence-electron chi connectivity index (χ2n) is 3.55. The zero-order valence-electron chi connectivity index (χ0n) is 7.24. The molecule has 0 aliphatic heterocycles. The fraction of sp³-hybridized carbons (Fsp3) is 1.00. The molecule has 78 valence electrons. The Balaban J connectivity index is 2.59. The molecule has 5 N–H and O–H groups in total. The van der Waals surface area contributed by atoms with E-state index in [1.165, 1.54) is 0 Å². The maximum Gasteiger partial charge on any atom is 0.108 e. The van der Waals surface area contributed by atoms with Gasteiger partial charge in [-0.05, 0) is 18.8 Å². The summed E-state index contributed by atoms with van der Waals surface area (Å²) < 4.78 is 0. The monoisotopic (exact) mass is 192 g/mol. The molecule has 0 unspecified atom stereocenters. The quantitative estimate of drug-likeness (QED) is 0.343. The molecule has 0 aromatic heterocycles. The minimum Gasteiger partial charge on any atom is -0.396 e. The third-order valence-electron chi connectivity index (χ3n) is 2.62. The van der Waals surface area contributed by atoms with Crippen molar-refractivity contribution in [1.29, 1.82) is 0 Å². The van der Waals surface area contributed by atoms with Crippen molar-refractivity contribution in [3.63, 3.8) is 0 Å². The number of aliphatic hydroxyl groups excluding tert-OH is 5. The highest BCUT2D eigenvalue weighted by Crippen LogP contribution is 2.27. The van der Waals surface area contributed by atoms with E-state index in [-0.39, 0.29) is 18.9 Å². The zero-order valence-corrected chi connectivity index (χ0v) is 7.24. The molecule has 0 aromatic rings. The Morgan fingerprint density at radius 2 is 1.54 bits per heavy atom. The van der Waals surface area contributed by atoms with E-state index in [1.807, 2.05) is 0 Å². The maximum absolute atomic E-state index is 9.42. The van der Waals surface area contributed by atoms with Gasteiger partial charge in [-0.1, -0.05) is 0 Å². The SMILES string of the molecule is OCC[C@H]1C[C@H](O)[C@H](O)[C@H](O)[C@H]1O. The number of aliphatic hydroxyl groups is 5. The summed E-state index contributed by atoms with van der Waals surface area (Å²) in [5.41, 5.74) is 0. The van der Waals surface area contributed by atoms with Crippen LogP contribution in [0.3, 0.4) is 0 Å². The van der Waals surface area contributed by atoms with Crippen LogP contribution in [0.4, 0.5) is 0 Å². The zero-order chi connectivity index (χ0) is 10.0. The van der Waals surface area contributed by atoms with Gasteiger partial charge in [0.05, 0.1) is 12.2 Å². The predicted molar refractivity (Wildman–Crippen MR) is 43.8 cm³/mol. The summed E-state index contributed by atoms with van der Waals surface area (Å²) in [5.74, 6) is -0.349. The van der Waals surface area contributed by atoms with E-state index in [4.69, 9.17) is 5.11 Å². The van der Waals surface area contributed by atoms with Crippen LogP contribution in [0, 0.1) is 5.92 Å². The Kier molecular flexibility index (Phi) is 3.63. The fourth-order valence-electron chi connectivity index (χ4n) is 1.75. The summed E-state index contributed by atoms with van der Waals surface area (Å²) in [6.07, 6.45) is -4.16. The Morgan fingerprint density at radius 1 is 0.923 bits per heavy atom. The second kappa shape index (κ2) is 4.34. The molecular weight excluding hydrogens is 176 g/mol. The van der Waals surface area contributed by atoms with Crippen LogP contribution in [0.2, 0.25) is 0 Å². The van der Waals surface area contributed by atoms with Crippen molar-refractivity contribution in [1.82, 2.24) is 0 Å². The van der Waals surface area contributed by atoms with Crippen molar-refractivity contribution >= 4 is 0 Å². The molecule has 5 atom stereocenters. The molecule has 1 aliphatic carbocycles. The van der Waals surface area contributed by atoms with E-state index in [0.717, 1.165) is 0 Å². The lowest BCUT2D eigenvalue weighted by atomic mass is 9.79. The van der Waals surface area contributed by atoms with Crippen LogP contribution < -0.4 is 0 Å². The Labute approximate surface area is 76.3 Å². The van der Waals surface area contributed by atoms with Crippen LogP contribution in [-0.2, 0) is 0 Å². The van der Waals surface area contributed by atoms with E-state index in [2.05, 4.69) is 0 Å². The smallest absolute Gasteiger partial charge is 0.108 e. The van der Waals surface area contributed by atoms with Gasteiger partial charge in [0, 0.05) is 6.61 Å². The molecule has 0 saturated heterocycles. The predicted octanol–water partition coefficient (Wildman–Crippen LogP) is -2.17. The van der Waals surface area contributed by atoms with Gasteiger partial charge in [-0.25, -0.2) is 0 Å². The first kappa shape index (κ1) is 10.9. The standard InChI is InChI=1S/C8H16O5/c9-2-1-4-3-5(10)7(12)8(13)6(4)11/h4-13H,1-3H2/t4-,5-,6-,7-,8+/m0/s1. The molecule has 1 aliphatic rings. The van der Waals surface area contributed by atoms with Crippen molar-refractivity contribution in [3.05, 3.63) is 0 Å². The Bertz CT molecular complexity index is 163. The van der Waals surface area contributed by atoms with E-state index >= 15 is 0 Å². The van der Waals surface area contributed by atoms with Crippen LogP contribution in [0.5, 0.6) is 0 Å². The van der Waals surface area contributed by atoms with Crippen molar-refractivity contribution in [2.24, 2.45) is 5.92 Å². The number of hydrogen-bond donors (Lipinski definition) is 5. The van der Waals surface area contributed by atoms with Gasteiger partial charge in [-0.3, -0.25) is 0 Å². The topological polar surface area (TPSA) is 101 Å². The van der Waals surface area contributed by atoms with Crippen LogP contribution in [0.25, 0.3) is 0 Å². The highest BCUT2D eigenvalue weighted by Gasteiger charge is 2.41. The van der Waals surface area contributed by atoms with E-state index in [0.29, 0.717) is 6.42 Å². The third-order valence-corrected chi connectivity index (χ3v) is 2.62. The molecule has 1 fully saturated rings. The average molecular weight is 192 g/mol. The number of hydrogen-bond acceptors (Lipinski definition) is 5. The molecule has 1 saturated carbocycles. The summed E-state index contributed by atoms with van der Waals surface area (Å²) in [4.78, 5) is 0. The summed E-state index contributed by atoms with van der Waals surface area (Å²) in [7, 11) is 0. The first-order valence-corrected chi connectivity index (χ1v) is 4.41. The molecule has 5 heteroatoms. The molecule has 0 spiro atoms. The van der Waals surface area contributed by atoms with Gasteiger partial charge in [0.2, 0.25) is 0 Å². The fourth-order valence-corrected chi connectivity index (χ4v) is 1.75. The molecule has 1 rings (SSSR count). The lowest BCUT2D eigenvalue weighted by Gasteiger charge is -2.38. The van der Waals surface area contributed by atoms with Crippen molar-refractivity contribution in [2.45, 2.75) is 37.3 Å². The highest BCUT2D eigenvalue weighted by molar-refractivity contribution is 4.92. The van der Waals surface area contributed by atoms with Crippen LogP contribution in [-0.4, -0.2) is 56.6 Å². The van der Waals surface area contributed by atoms with Crippen molar-refractivity contribution < 1.29 is 25.5 Å². The van der Waals surface area contributed by atoms with E-state index in [1.54, 1.807) is 0 Å². The Hall–Kier alpha value is -0.200. The summed E-state index contributed by atoms with van der Waals surface area (Å²) >= 11 is 0. The number of rotatable bonds is 2. The second-order valence-corrected chi connectivity index (χ2v) is 3.55. The van der Waals surface area contributed by atoms with Gasteiger partial charge in [0.25, 0.3) is 0 Å². The van der Waals surface area contributed by atoms with Crippen molar-refractivity contribution in [3.8, 4) is 0 Å². The summed E-state index contributed by atoms with van der Waals surface area (Å²) in [5, 5.41) is 45.8. The van der Waals surface area contributed by atoms with E-state index < -0.39 is 24.4 Å². The van der Waals surface area contributed by atoms with Crippen LogP contribution in [0.1, 0.15) is 12.8 Å². The van der Waals surface area contributed by atoms with Gasteiger partial charge in [0.15, 0.2) is 0 Å². The van der Waals surface area contributed by atoms with Gasteiger partial charge < -0.3 is 25.5 Å². The summed E-state index contributed by atoms with van der Waals surface area (Å²) in [6.45, 7) is -0.0999. The van der Waals surface area contributed by atoms with Gasteiger partial charge >= 0.3 is 0 Å². The first-order valence-electron chi connectivity index (χ1n) is 4.41. The molecule has 0 heterocycles. The first-order chi connectivity index (χ1) is 6.07. The third kappa shape index (κ3) is 2.18. The minimum atomic E-state index is -1.32. The van der Waals surface area contributed by atoms with Crippen LogP contribution in [0.15, 0.2) is 0 Å².